The molecule has 2 rings (SSSR count). The third kappa shape index (κ3) is 2.45. The van der Waals surface area contributed by atoms with Crippen LogP contribution in [0.15, 0.2) is 12.1 Å². The first-order chi connectivity index (χ1) is 8.13. The number of nitrogens with one attached hydrogen (secondary N) is 2. The van der Waals surface area contributed by atoms with Crippen molar-refractivity contribution in [2.45, 2.75) is 32.9 Å². The summed E-state index contributed by atoms with van der Waals surface area (Å²) in [5.41, 5.74) is 3.77. The SMILES string of the molecule is COc1c(C)cc(C2NCCNC2C)cc1C. The second-order valence-corrected chi connectivity index (χ2v) is 4.86. The molecule has 1 saturated heterocycles. The summed E-state index contributed by atoms with van der Waals surface area (Å²) in [6.07, 6.45) is 0. The van der Waals surface area contributed by atoms with Crippen molar-refractivity contribution >= 4 is 0 Å². The third-order valence-corrected chi connectivity index (χ3v) is 3.50. The fourth-order valence-electron chi connectivity index (χ4n) is 2.71. The Morgan fingerprint density at radius 3 is 2.24 bits per heavy atom. The van der Waals surface area contributed by atoms with Gasteiger partial charge >= 0.3 is 0 Å². The molecule has 17 heavy (non-hydrogen) atoms. The molecule has 1 aliphatic rings. The maximum atomic E-state index is 5.41. The van der Waals surface area contributed by atoms with E-state index in [1.54, 1.807) is 7.11 Å². The van der Waals surface area contributed by atoms with Gasteiger partial charge in [-0.05, 0) is 37.5 Å². The molecule has 1 aromatic rings. The van der Waals surface area contributed by atoms with Gasteiger partial charge in [0.05, 0.1) is 7.11 Å². The minimum Gasteiger partial charge on any atom is -0.496 e. The van der Waals surface area contributed by atoms with E-state index in [1.807, 2.05) is 0 Å². The maximum absolute atomic E-state index is 5.41. The van der Waals surface area contributed by atoms with Crippen LogP contribution < -0.4 is 15.4 Å². The van der Waals surface area contributed by atoms with Crippen LogP contribution >= 0.6 is 0 Å². The fraction of sp³-hybridized carbons (Fsp3) is 0.571. The standard InChI is InChI=1S/C14H22N2O/c1-9-7-12(8-10(2)14(9)17-4)13-11(3)15-5-6-16-13/h7-8,11,13,15-16H,5-6H2,1-4H3. The van der Waals surface area contributed by atoms with Gasteiger partial charge in [-0.1, -0.05) is 12.1 Å². The number of hydrogen-bond acceptors (Lipinski definition) is 3. The summed E-state index contributed by atoms with van der Waals surface area (Å²) < 4.78 is 5.41. The molecule has 0 radical (unpaired) electrons. The molecule has 0 bridgehead atoms. The predicted octanol–water partition coefficient (Wildman–Crippen LogP) is 1.93. The van der Waals surface area contributed by atoms with E-state index in [0.717, 1.165) is 18.8 Å². The van der Waals surface area contributed by atoms with Gasteiger partial charge in [-0.3, -0.25) is 0 Å². The Labute approximate surface area is 104 Å². The minimum absolute atomic E-state index is 0.395. The molecule has 1 aromatic carbocycles. The zero-order valence-electron chi connectivity index (χ0n) is 11.1. The van der Waals surface area contributed by atoms with E-state index < -0.39 is 0 Å². The summed E-state index contributed by atoms with van der Waals surface area (Å²) in [5, 5.41) is 7.08. The first-order valence-corrected chi connectivity index (χ1v) is 6.25. The van der Waals surface area contributed by atoms with Gasteiger partial charge in [0.1, 0.15) is 5.75 Å². The van der Waals surface area contributed by atoms with Crippen molar-refractivity contribution in [2.75, 3.05) is 20.2 Å². The van der Waals surface area contributed by atoms with Crippen molar-refractivity contribution in [3.05, 3.63) is 28.8 Å². The first-order valence-electron chi connectivity index (χ1n) is 6.25. The Morgan fingerprint density at radius 2 is 1.71 bits per heavy atom. The van der Waals surface area contributed by atoms with Crippen LogP contribution in [0.2, 0.25) is 0 Å². The number of benzene rings is 1. The number of ether oxygens (including phenoxy) is 1. The summed E-state index contributed by atoms with van der Waals surface area (Å²) in [4.78, 5) is 0. The van der Waals surface area contributed by atoms with E-state index in [9.17, 15) is 0 Å². The Morgan fingerprint density at radius 1 is 1.12 bits per heavy atom. The van der Waals surface area contributed by atoms with Crippen LogP contribution in [0.1, 0.15) is 29.7 Å². The average Bonchev–Trinajstić information content (AvgIpc) is 2.29. The molecule has 0 aliphatic carbocycles. The van der Waals surface area contributed by atoms with Gasteiger partial charge in [-0.15, -0.1) is 0 Å². The number of rotatable bonds is 2. The zero-order valence-corrected chi connectivity index (χ0v) is 11.1. The smallest absolute Gasteiger partial charge is 0.124 e. The van der Waals surface area contributed by atoms with E-state index in [-0.39, 0.29) is 0 Å². The largest absolute Gasteiger partial charge is 0.496 e. The summed E-state index contributed by atoms with van der Waals surface area (Å²) >= 11 is 0. The highest BCUT2D eigenvalue weighted by Gasteiger charge is 2.22. The lowest BCUT2D eigenvalue weighted by Crippen LogP contribution is -2.49. The van der Waals surface area contributed by atoms with Gasteiger partial charge in [0.15, 0.2) is 0 Å². The van der Waals surface area contributed by atoms with Gasteiger partial charge in [-0.2, -0.15) is 0 Å². The Bertz CT molecular complexity index is 380. The van der Waals surface area contributed by atoms with Crippen LogP contribution in [0, 0.1) is 13.8 Å². The molecule has 2 unspecified atom stereocenters. The van der Waals surface area contributed by atoms with Crippen LogP contribution in [-0.4, -0.2) is 26.2 Å². The summed E-state index contributed by atoms with van der Waals surface area (Å²) in [7, 11) is 1.73. The molecule has 94 valence electrons. The lowest BCUT2D eigenvalue weighted by Gasteiger charge is -2.32. The van der Waals surface area contributed by atoms with E-state index in [1.165, 1.54) is 16.7 Å². The van der Waals surface area contributed by atoms with Crippen LogP contribution in [0.5, 0.6) is 5.75 Å². The Balaban J connectivity index is 2.32. The predicted molar refractivity (Wildman–Crippen MR) is 70.7 cm³/mol. The molecule has 3 nitrogen and oxygen atoms in total. The number of hydrogen-bond donors (Lipinski definition) is 2. The molecular weight excluding hydrogens is 212 g/mol. The molecule has 2 atom stereocenters. The second kappa shape index (κ2) is 5.07. The lowest BCUT2D eigenvalue weighted by molar-refractivity contribution is 0.344. The molecule has 1 aliphatic heterocycles. The van der Waals surface area contributed by atoms with E-state index in [0.29, 0.717) is 12.1 Å². The fourth-order valence-corrected chi connectivity index (χ4v) is 2.71. The Kier molecular flexibility index (Phi) is 3.69. The molecule has 0 saturated carbocycles. The molecule has 0 aromatic heterocycles. The highest BCUT2D eigenvalue weighted by Crippen LogP contribution is 2.28. The Hall–Kier alpha value is -1.06. The lowest BCUT2D eigenvalue weighted by atomic mass is 9.95. The highest BCUT2D eigenvalue weighted by atomic mass is 16.5. The topological polar surface area (TPSA) is 33.3 Å². The number of aryl methyl sites for hydroxylation is 2. The normalized spacial score (nSPS) is 24.7. The molecule has 3 heteroatoms. The van der Waals surface area contributed by atoms with Crippen molar-refractivity contribution in [3.63, 3.8) is 0 Å². The average molecular weight is 234 g/mol. The van der Waals surface area contributed by atoms with Crippen LogP contribution in [-0.2, 0) is 0 Å². The van der Waals surface area contributed by atoms with Crippen molar-refractivity contribution < 1.29 is 4.74 Å². The van der Waals surface area contributed by atoms with Crippen molar-refractivity contribution in [3.8, 4) is 5.75 Å². The summed E-state index contributed by atoms with van der Waals surface area (Å²) in [6, 6.07) is 5.32. The van der Waals surface area contributed by atoms with E-state index in [2.05, 4.69) is 43.5 Å². The van der Waals surface area contributed by atoms with Crippen LogP contribution in [0.25, 0.3) is 0 Å². The second-order valence-electron chi connectivity index (χ2n) is 4.86. The van der Waals surface area contributed by atoms with Gasteiger partial charge in [0.2, 0.25) is 0 Å². The summed E-state index contributed by atoms with van der Waals surface area (Å²) in [6.45, 7) is 8.52. The van der Waals surface area contributed by atoms with Crippen molar-refractivity contribution in [2.24, 2.45) is 0 Å². The number of methoxy groups -OCH3 is 1. The molecule has 0 spiro atoms. The van der Waals surface area contributed by atoms with Crippen molar-refractivity contribution in [1.29, 1.82) is 0 Å². The number of piperazine rings is 1. The van der Waals surface area contributed by atoms with Gasteiger partial charge in [-0.25, -0.2) is 0 Å². The molecule has 1 fully saturated rings. The first kappa shape index (κ1) is 12.4. The summed E-state index contributed by atoms with van der Waals surface area (Å²) in [5.74, 6) is 1.00. The third-order valence-electron chi connectivity index (χ3n) is 3.50. The van der Waals surface area contributed by atoms with Gasteiger partial charge < -0.3 is 15.4 Å². The highest BCUT2D eigenvalue weighted by molar-refractivity contribution is 5.44. The van der Waals surface area contributed by atoms with Gasteiger partial charge in [0.25, 0.3) is 0 Å². The molecule has 0 amide bonds. The molecular formula is C14H22N2O. The maximum Gasteiger partial charge on any atom is 0.124 e. The zero-order chi connectivity index (χ0) is 12.4. The van der Waals surface area contributed by atoms with E-state index >= 15 is 0 Å². The van der Waals surface area contributed by atoms with E-state index in [4.69, 9.17) is 4.74 Å². The molecule has 2 N–H and O–H groups in total. The van der Waals surface area contributed by atoms with Gasteiger partial charge in [0, 0.05) is 25.2 Å². The monoisotopic (exact) mass is 234 g/mol. The van der Waals surface area contributed by atoms with Crippen LogP contribution in [0.3, 0.4) is 0 Å². The molecule has 1 heterocycles. The minimum atomic E-state index is 0.395. The quantitative estimate of drug-likeness (QED) is 0.820. The van der Waals surface area contributed by atoms with Crippen molar-refractivity contribution in [1.82, 2.24) is 10.6 Å². The van der Waals surface area contributed by atoms with Crippen LogP contribution in [0.4, 0.5) is 0 Å².